The summed E-state index contributed by atoms with van der Waals surface area (Å²) in [5.41, 5.74) is 1.43. The molecule has 6 rings (SSSR count). The number of aromatic nitrogens is 3. The fourth-order valence-electron chi connectivity index (χ4n) is 8.97. The Kier molecular flexibility index (Phi) is 7.31. The number of hydrogen-bond acceptors (Lipinski definition) is 9. The molecule has 4 aliphatic carbocycles. The van der Waals surface area contributed by atoms with Gasteiger partial charge in [-0.1, -0.05) is 31.2 Å². The van der Waals surface area contributed by atoms with Gasteiger partial charge in [0.15, 0.2) is 5.60 Å². The SMILES string of the molecule is COCC(=O)O[C@]1(C(=O)SCC#N)CC[C@H]2[C@@H]3CCC4=Cc5c(cnn5-c5ccc(F)nc5)C[C@]4(C)[C@H]3[C@@H](O)C[C@@]21C. The molecule has 3 fully saturated rings. The van der Waals surface area contributed by atoms with Gasteiger partial charge in [-0.25, -0.2) is 14.5 Å². The van der Waals surface area contributed by atoms with Crippen LogP contribution < -0.4 is 0 Å². The van der Waals surface area contributed by atoms with E-state index in [2.05, 4.69) is 23.1 Å². The van der Waals surface area contributed by atoms with Crippen molar-refractivity contribution < 1.29 is 28.6 Å². The number of methoxy groups -OCH3 is 1. The maximum absolute atomic E-state index is 13.7. The van der Waals surface area contributed by atoms with Crippen molar-refractivity contribution in [3.63, 3.8) is 0 Å². The zero-order valence-corrected chi connectivity index (χ0v) is 24.8. The molecule has 42 heavy (non-hydrogen) atoms. The number of allylic oxidation sites excluding steroid dienone is 1. The molecule has 2 aromatic rings. The van der Waals surface area contributed by atoms with Gasteiger partial charge in [0.25, 0.3) is 0 Å². The molecule has 0 bridgehead atoms. The van der Waals surface area contributed by atoms with Crippen molar-refractivity contribution in [2.45, 2.75) is 64.1 Å². The normalized spacial score (nSPS) is 34.7. The lowest BCUT2D eigenvalue weighted by atomic mass is 9.45. The van der Waals surface area contributed by atoms with Crippen molar-refractivity contribution in [2.24, 2.45) is 28.6 Å². The van der Waals surface area contributed by atoms with E-state index in [9.17, 15) is 19.1 Å². The number of fused-ring (bicyclic) bond motifs is 6. The Morgan fingerprint density at radius 1 is 1.29 bits per heavy atom. The lowest BCUT2D eigenvalue weighted by Gasteiger charge is -2.60. The second kappa shape index (κ2) is 10.6. The Morgan fingerprint density at radius 3 is 2.81 bits per heavy atom. The molecule has 1 N–H and O–H groups in total. The zero-order chi connectivity index (χ0) is 29.9. The van der Waals surface area contributed by atoms with E-state index >= 15 is 0 Å². The van der Waals surface area contributed by atoms with Gasteiger partial charge in [0.1, 0.15) is 6.61 Å². The highest BCUT2D eigenvalue weighted by molar-refractivity contribution is 8.14. The van der Waals surface area contributed by atoms with Crippen LogP contribution in [0.15, 0.2) is 30.1 Å². The van der Waals surface area contributed by atoms with Crippen LogP contribution in [-0.2, 0) is 25.5 Å². The van der Waals surface area contributed by atoms with Gasteiger partial charge in [-0.3, -0.25) is 4.79 Å². The monoisotopic (exact) mass is 594 g/mol. The second-order valence-corrected chi connectivity index (χ2v) is 13.5. The summed E-state index contributed by atoms with van der Waals surface area (Å²) in [4.78, 5) is 30.3. The van der Waals surface area contributed by atoms with Gasteiger partial charge >= 0.3 is 5.97 Å². The minimum atomic E-state index is -1.43. The van der Waals surface area contributed by atoms with Crippen LogP contribution in [0, 0.1) is 45.9 Å². The average Bonchev–Trinajstić information content (AvgIpc) is 3.48. The fourth-order valence-corrected chi connectivity index (χ4v) is 9.78. The van der Waals surface area contributed by atoms with Crippen LogP contribution in [0.3, 0.4) is 0 Å². The Morgan fingerprint density at radius 2 is 2.10 bits per heavy atom. The first-order valence-electron chi connectivity index (χ1n) is 14.4. The van der Waals surface area contributed by atoms with Crippen molar-refractivity contribution in [2.75, 3.05) is 19.5 Å². The highest BCUT2D eigenvalue weighted by atomic mass is 32.2. The molecule has 0 amide bonds. The standard InChI is InChI=1S/C31H35FN4O5S/c1-29-13-18-15-35-36(20-5-7-25(32)34-16-20)23(18)12-19(29)4-6-21-22-8-9-31(28(39)42-11-10-33,41-26(38)17-40-3)30(22,2)14-24(37)27(21)29/h5,7,12,15-16,21-22,24,27,37H,4,6,8-9,11,13-14,17H2,1-3H3/t21-,22-,24-,27+,29-,30-,31-/m0/s1. The van der Waals surface area contributed by atoms with E-state index in [-0.39, 0.29) is 40.6 Å². The van der Waals surface area contributed by atoms with Crippen molar-refractivity contribution >= 4 is 28.9 Å². The lowest BCUT2D eigenvalue weighted by Crippen LogP contribution is -2.62. The van der Waals surface area contributed by atoms with Gasteiger partial charge < -0.3 is 14.6 Å². The topological polar surface area (TPSA) is 127 Å². The number of nitrogens with zero attached hydrogens (tertiary/aromatic N) is 4. The van der Waals surface area contributed by atoms with E-state index in [1.165, 1.54) is 24.9 Å². The number of aliphatic hydroxyl groups is 1. The number of thioether (sulfide) groups is 1. The number of rotatable bonds is 6. The van der Waals surface area contributed by atoms with E-state index in [4.69, 9.17) is 14.7 Å². The largest absolute Gasteiger partial charge is 0.448 e. The fraction of sp³-hybridized carbons (Fsp3) is 0.581. The van der Waals surface area contributed by atoms with Gasteiger partial charge in [0.05, 0.1) is 41.7 Å². The summed E-state index contributed by atoms with van der Waals surface area (Å²) >= 11 is 0.885. The van der Waals surface area contributed by atoms with Crippen molar-refractivity contribution in [3.05, 3.63) is 47.3 Å². The van der Waals surface area contributed by atoms with Crippen molar-refractivity contribution in [1.82, 2.24) is 14.8 Å². The highest BCUT2D eigenvalue weighted by Gasteiger charge is 2.70. The quantitative estimate of drug-likeness (QED) is 0.385. The molecular formula is C31H35FN4O5S. The number of carbonyl (C=O) groups is 2. The number of esters is 1. The molecule has 0 aromatic carbocycles. The van der Waals surface area contributed by atoms with Crippen LogP contribution >= 0.6 is 11.8 Å². The second-order valence-electron chi connectivity index (χ2n) is 12.6. The molecule has 0 radical (unpaired) electrons. The van der Waals surface area contributed by atoms with E-state index < -0.39 is 29.0 Å². The summed E-state index contributed by atoms with van der Waals surface area (Å²) in [6, 6.07) is 4.99. The molecule has 0 unspecified atom stereocenters. The maximum atomic E-state index is 13.7. The Bertz CT molecular complexity index is 1490. The third-order valence-corrected chi connectivity index (χ3v) is 11.5. The van der Waals surface area contributed by atoms with Crippen LogP contribution in [0.1, 0.15) is 57.2 Å². The van der Waals surface area contributed by atoms with E-state index in [0.717, 1.165) is 35.9 Å². The number of hydrogen-bond donors (Lipinski definition) is 1. The molecule has 11 heteroatoms. The van der Waals surface area contributed by atoms with Gasteiger partial charge in [-0.15, -0.1) is 0 Å². The highest BCUT2D eigenvalue weighted by Crippen LogP contribution is 2.68. The number of carbonyl (C=O) groups excluding carboxylic acids is 2. The summed E-state index contributed by atoms with van der Waals surface area (Å²) in [7, 11) is 1.40. The van der Waals surface area contributed by atoms with Gasteiger partial charge in [0.2, 0.25) is 11.1 Å². The van der Waals surface area contributed by atoms with Gasteiger partial charge in [-0.05, 0) is 85.5 Å². The summed E-state index contributed by atoms with van der Waals surface area (Å²) < 4.78 is 26.3. The van der Waals surface area contributed by atoms with Crippen molar-refractivity contribution in [1.29, 1.82) is 5.26 Å². The first-order valence-corrected chi connectivity index (χ1v) is 15.4. The number of pyridine rings is 1. The molecule has 3 saturated carbocycles. The molecule has 2 aromatic heterocycles. The molecule has 222 valence electrons. The molecule has 4 aliphatic rings. The molecule has 9 nitrogen and oxygen atoms in total. The molecule has 7 atom stereocenters. The van der Waals surface area contributed by atoms with Crippen LogP contribution in [0.2, 0.25) is 0 Å². The summed E-state index contributed by atoms with van der Waals surface area (Å²) in [5, 5.41) is 25.4. The minimum Gasteiger partial charge on any atom is -0.448 e. The van der Waals surface area contributed by atoms with Gasteiger partial charge in [-0.2, -0.15) is 14.8 Å². The minimum absolute atomic E-state index is 0.0337. The number of ether oxygens (including phenoxy) is 2. The molecule has 0 aliphatic heterocycles. The summed E-state index contributed by atoms with van der Waals surface area (Å²) in [5.74, 6) is -1.07. The van der Waals surface area contributed by atoms with E-state index in [1.807, 2.05) is 19.2 Å². The maximum Gasteiger partial charge on any atom is 0.333 e. The summed E-state index contributed by atoms with van der Waals surface area (Å²) in [6.07, 6.45) is 8.51. The third-order valence-electron chi connectivity index (χ3n) is 10.6. The molecule has 2 heterocycles. The number of halogens is 1. The summed E-state index contributed by atoms with van der Waals surface area (Å²) in [6.45, 7) is 3.95. The Hall–Kier alpha value is -3.07. The van der Waals surface area contributed by atoms with Crippen LogP contribution in [0.25, 0.3) is 11.8 Å². The van der Waals surface area contributed by atoms with Gasteiger partial charge in [0, 0.05) is 12.5 Å². The number of nitriles is 1. The molecule has 0 spiro atoms. The Balaban J connectivity index is 1.34. The van der Waals surface area contributed by atoms with E-state index in [0.29, 0.717) is 31.4 Å². The van der Waals surface area contributed by atoms with E-state index in [1.54, 1.807) is 10.7 Å². The third kappa shape index (κ3) is 4.25. The zero-order valence-electron chi connectivity index (χ0n) is 24.0. The Labute approximate surface area is 248 Å². The first kappa shape index (κ1) is 29.0. The van der Waals surface area contributed by atoms with Crippen molar-refractivity contribution in [3.8, 4) is 11.8 Å². The van der Waals surface area contributed by atoms with Crippen LogP contribution in [-0.4, -0.2) is 62.1 Å². The first-order chi connectivity index (χ1) is 20.1. The van der Waals surface area contributed by atoms with Crippen LogP contribution in [0.5, 0.6) is 0 Å². The lowest BCUT2D eigenvalue weighted by molar-refractivity contribution is -0.198. The predicted octanol–water partition coefficient (Wildman–Crippen LogP) is 4.27. The van der Waals surface area contributed by atoms with Crippen LogP contribution in [0.4, 0.5) is 4.39 Å². The molecule has 0 saturated heterocycles. The smallest absolute Gasteiger partial charge is 0.333 e. The molecular weight excluding hydrogens is 559 g/mol. The number of aliphatic hydroxyl groups excluding tert-OH is 1. The average molecular weight is 595 g/mol. The predicted molar refractivity (Wildman–Crippen MR) is 153 cm³/mol.